The lowest BCUT2D eigenvalue weighted by atomic mass is 10.1. The van der Waals surface area contributed by atoms with Crippen LogP contribution in [0.25, 0.3) is 0 Å². The minimum Gasteiger partial charge on any atom is -0.354 e. The Kier molecular flexibility index (Phi) is 11.5. The van der Waals surface area contributed by atoms with Gasteiger partial charge in [-0.2, -0.15) is 0 Å². The van der Waals surface area contributed by atoms with Crippen LogP contribution < -0.4 is 9.62 Å². The van der Waals surface area contributed by atoms with Crippen molar-refractivity contribution in [3.05, 3.63) is 88.9 Å². The third-order valence-corrected chi connectivity index (χ3v) is 9.23. The molecular formula is C30H36ClN3O4S2. The predicted octanol–water partition coefficient (Wildman–Crippen LogP) is 5.90. The number of hydrogen-bond donors (Lipinski definition) is 1. The Hall–Kier alpha value is -3.01. The van der Waals surface area contributed by atoms with Crippen LogP contribution in [0.4, 0.5) is 5.69 Å². The molecule has 0 saturated heterocycles. The van der Waals surface area contributed by atoms with Crippen molar-refractivity contribution in [1.82, 2.24) is 10.2 Å². The highest BCUT2D eigenvalue weighted by Gasteiger charge is 2.33. The topological polar surface area (TPSA) is 86.8 Å². The molecule has 2 amide bonds. The molecule has 3 rings (SSSR count). The number of thioether (sulfide) groups is 1. The van der Waals surface area contributed by atoms with Crippen LogP contribution >= 0.6 is 23.4 Å². The second kappa shape index (κ2) is 14.6. The summed E-state index contributed by atoms with van der Waals surface area (Å²) in [6.07, 6.45) is 3.03. The summed E-state index contributed by atoms with van der Waals surface area (Å²) in [6, 6.07) is 19.8. The number of hydrogen-bond acceptors (Lipinski definition) is 5. The number of benzene rings is 3. The Morgan fingerprint density at radius 2 is 1.57 bits per heavy atom. The SMILES string of the molecule is CCCNC(=O)[C@H](CC)N(Cc1ccc(Cl)cc1)C(=O)CN(c1ccc(C)cc1)S(=O)(=O)c1ccc(SC)cc1. The standard InChI is InChI=1S/C30H36ClN3O4S2/c1-5-19-32-30(36)28(6-2)33(20-23-9-11-24(31)12-10-23)29(35)21-34(25-13-7-22(3)8-14-25)40(37,38)27-17-15-26(39-4)16-18-27/h7-18,28H,5-6,19-21H2,1-4H3,(H,32,36)/t28-/m0/s1. The molecule has 0 aliphatic carbocycles. The number of carbonyl (C=O) groups excluding carboxylic acids is 2. The first kappa shape index (κ1) is 31.5. The van der Waals surface area contributed by atoms with Crippen molar-refractivity contribution in [1.29, 1.82) is 0 Å². The molecule has 1 atom stereocenters. The summed E-state index contributed by atoms with van der Waals surface area (Å²) in [4.78, 5) is 29.6. The number of amides is 2. The summed E-state index contributed by atoms with van der Waals surface area (Å²) in [5, 5.41) is 3.44. The molecule has 7 nitrogen and oxygen atoms in total. The van der Waals surface area contributed by atoms with Crippen molar-refractivity contribution in [3.8, 4) is 0 Å². The molecule has 0 spiro atoms. The summed E-state index contributed by atoms with van der Waals surface area (Å²) < 4.78 is 29.0. The monoisotopic (exact) mass is 601 g/mol. The Labute approximate surface area is 247 Å². The van der Waals surface area contributed by atoms with E-state index in [4.69, 9.17) is 11.6 Å². The van der Waals surface area contributed by atoms with Crippen LogP contribution in [0.15, 0.2) is 82.6 Å². The van der Waals surface area contributed by atoms with E-state index in [0.29, 0.717) is 23.7 Å². The Balaban J connectivity index is 2.04. The van der Waals surface area contributed by atoms with Crippen molar-refractivity contribution in [3.63, 3.8) is 0 Å². The van der Waals surface area contributed by atoms with Crippen LogP contribution in [0, 0.1) is 6.92 Å². The average Bonchev–Trinajstić information content (AvgIpc) is 2.96. The number of sulfonamides is 1. The fraction of sp³-hybridized carbons (Fsp3) is 0.333. The molecule has 3 aromatic rings. The lowest BCUT2D eigenvalue weighted by Crippen LogP contribution is -2.52. The van der Waals surface area contributed by atoms with E-state index in [2.05, 4.69) is 5.32 Å². The number of nitrogens with one attached hydrogen (secondary N) is 1. The Morgan fingerprint density at radius 3 is 2.12 bits per heavy atom. The first-order chi connectivity index (χ1) is 19.1. The minimum atomic E-state index is -4.11. The number of halogens is 1. The molecule has 10 heteroatoms. The molecule has 214 valence electrons. The highest BCUT2D eigenvalue weighted by atomic mass is 35.5. The maximum Gasteiger partial charge on any atom is 0.264 e. The molecule has 0 radical (unpaired) electrons. The van der Waals surface area contributed by atoms with E-state index in [1.54, 1.807) is 72.8 Å². The quantitative estimate of drug-likeness (QED) is 0.247. The molecule has 3 aromatic carbocycles. The molecule has 0 aliphatic heterocycles. The maximum atomic E-state index is 14.0. The highest BCUT2D eigenvalue weighted by Crippen LogP contribution is 2.27. The summed E-state index contributed by atoms with van der Waals surface area (Å²) in [6.45, 7) is 5.82. The van der Waals surface area contributed by atoms with Gasteiger partial charge in [0.2, 0.25) is 11.8 Å². The zero-order valence-corrected chi connectivity index (χ0v) is 25.7. The number of rotatable bonds is 13. The number of nitrogens with zero attached hydrogens (tertiary/aromatic N) is 2. The van der Waals surface area contributed by atoms with Gasteiger partial charge >= 0.3 is 0 Å². The maximum absolute atomic E-state index is 14.0. The molecule has 0 bridgehead atoms. The summed E-state index contributed by atoms with van der Waals surface area (Å²) in [5.74, 6) is -0.762. The van der Waals surface area contributed by atoms with Gasteiger partial charge in [-0.25, -0.2) is 8.42 Å². The second-order valence-electron chi connectivity index (χ2n) is 9.39. The fourth-order valence-electron chi connectivity index (χ4n) is 4.19. The van der Waals surface area contributed by atoms with E-state index in [9.17, 15) is 18.0 Å². The van der Waals surface area contributed by atoms with Crippen LogP contribution in [0.5, 0.6) is 0 Å². The molecule has 1 N–H and O–H groups in total. The van der Waals surface area contributed by atoms with Crippen molar-refractivity contribution < 1.29 is 18.0 Å². The first-order valence-electron chi connectivity index (χ1n) is 13.2. The lowest BCUT2D eigenvalue weighted by molar-refractivity contribution is -0.140. The van der Waals surface area contributed by atoms with Crippen molar-refractivity contribution in [2.24, 2.45) is 0 Å². The van der Waals surface area contributed by atoms with Gasteiger partial charge in [0, 0.05) is 23.0 Å². The van der Waals surface area contributed by atoms with Crippen molar-refractivity contribution >= 4 is 50.9 Å². The largest absolute Gasteiger partial charge is 0.354 e. The van der Waals surface area contributed by atoms with Gasteiger partial charge in [0.05, 0.1) is 10.6 Å². The Morgan fingerprint density at radius 1 is 0.950 bits per heavy atom. The van der Waals surface area contributed by atoms with E-state index in [0.717, 1.165) is 26.7 Å². The van der Waals surface area contributed by atoms with Crippen molar-refractivity contribution in [2.45, 2.75) is 56.0 Å². The van der Waals surface area contributed by atoms with Gasteiger partial charge in [0.15, 0.2) is 0 Å². The van der Waals surface area contributed by atoms with E-state index in [1.807, 2.05) is 27.0 Å². The Bertz CT molecular complexity index is 1380. The van der Waals surface area contributed by atoms with Crippen molar-refractivity contribution in [2.75, 3.05) is 23.7 Å². The van der Waals surface area contributed by atoms with Crippen LogP contribution in [-0.4, -0.2) is 50.5 Å². The smallest absolute Gasteiger partial charge is 0.264 e. The van der Waals surface area contributed by atoms with Gasteiger partial charge < -0.3 is 10.2 Å². The summed E-state index contributed by atoms with van der Waals surface area (Å²) in [5.41, 5.74) is 2.10. The lowest BCUT2D eigenvalue weighted by Gasteiger charge is -2.33. The fourth-order valence-corrected chi connectivity index (χ4v) is 6.14. The average molecular weight is 602 g/mol. The molecule has 0 aromatic heterocycles. The minimum absolute atomic E-state index is 0.0793. The number of anilines is 1. The van der Waals surface area contributed by atoms with E-state index >= 15 is 0 Å². The van der Waals surface area contributed by atoms with Crippen LogP contribution in [0.2, 0.25) is 5.02 Å². The molecule has 0 saturated carbocycles. The second-order valence-corrected chi connectivity index (χ2v) is 12.6. The number of carbonyl (C=O) groups is 2. The van der Waals surface area contributed by atoms with E-state index in [-0.39, 0.29) is 17.3 Å². The first-order valence-corrected chi connectivity index (χ1v) is 16.2. The molecule has 0 unspecified atom stereocenters. The van der Waals surface area contributed by atoms with Crippen LogP contribution in [0.1, 0.15) is 37.8 Å². The summed E-state index contributed by atoms with van der Waals surface area (Å²) >= 11 is 7.57. The van der Waals surface area contributed by atoms with Crippen LogP contribution in [0.3, 0.4) is 0 Å². The van der Waals surface area contributed by atoms with Crippen LogP contribution in [-0.2, 0) is 26.2 Å². The third-order valence-electron chi connectivity index (χ3n) is 6.45. The summed E-state index contributed by atoms with van der Waals surface area (Å²) in [7, 11) is -4.11. The molecule has 0 aliphatic rings. The third kappa shape index (κ3) is 8.02. The van der Waals surface area contributed by atoms with Gasteiger partial charge in [0.25, 0.3) is 10.0 Å². The van der Waals surface area contributed by atoms with Gasteiger partial charge in [-0.3, -0.25) is 13.9 Å². The van der Waals surface area contributed by atoms with E-state index in [1.165, 1.54) is 16.7 Å². The van der Waals surface area contributed by atoms with Gasteiger partial charge in [0.1, 0.15) is 12.6 Å². The molecule has 0 fully saturated rings. The zero-order valence-electron chi connectivity index (χ0n) is 23.3. The number of aryl methyl sites for hydroxylation is 1. The van der Waals surface area contributed by atoms with Gasteiger partial charge in [-0.05, 0) is 80.1 Å². The van der Waals surface area contributed by atoms with E-state index < -0.39 is 28.5 Å². The normalized spacial score (nSPS) is 12.0. The zero-order chi connectivity index (χ0) is 29.3. The van der Waals surface area contributed by atoms with Gasteiger partial charge in [-0.1, -0.05) is 55.3 Å². The molecular weight excluding hydrogens is 566 g/mol. The highest BCUT2D eigenvalue weighted by molar-refractivity contribution is 7.98. The molecule has 40 heavy (non-hydrogen) atoms. The molecule has 0 heterocycles. The predicted molar refractivity (Wildman–Crippen MR) is 163 cm³/mol. The van der Waals surface area contributed by atoms with Gasteiger partial charge in [-0.15, -0.1) is 11.8 Å².